The third kappa shape index (κ3) is 7.88. The Morgan fingerprint density at radius 3 is 1.31 bits per heavy atom. The fraction of sp³-hybridized carbons (Fsp3) is 0.125. The van der Waals surface area contributed by atoms with Crippen LogP contribution >= 0.6 is 23.2 Å². The van der Waals surface area contributed by atoms with Crippen molar-refractivity contribution in [2.24, 2.45) is 0 Å². The number of methoxy groups -OCH3 is 2. The fourth-order valence-corrected chi connectivity index (χ4v) is 6.84. The van der Waals surface area contributed by atoms with Crippen LogP contribution < -0.4 is 9.47 Å². The Labute approximate surface area is 269 Å². The number of sulfone groups is 1. The lowest BCUT2D eigenvalue weighted by molar-refractivity contribution is -0.385. The molecule has 0 aliphatic carbocycles. The Hall–Kier alpha value is -4.71. The molecule has 0 spiro atoms. The number of nitrogens with zero attached hydrogens (tertiary/aromatic N) is 2. The molecule has 0 bridgehead atoms. The first-order chi connectivity index (χ1) is 21.4. The van der Waals surface area contributed by atoms with E-state index in [9.17, 15) is 28.6 Å². The first-order valence-corrected chi connectivity index (χ1v) is 15.6. The van der Waals surface area contributed by atoms with Crippen LogP contribution in [0.4, 0.5) is 11.4 Å². The summed E-state index contributed by atoms with van der Waals surface area (Å²) in [6.07, 6.45) is 5.85. The van der Waals surface area contributed by atoms with Crippen LogP contribution in [0.15, 0.2) is 97.1 Å². The van der Waals surface area contributed by atoms with Gasteiger partial charge in [0, 0.05) is 45.4 Å². The summed E-state index contributed by atoms with van der Waals surface area (Å²) in [5.74, 6) is 0.169. The van der Waals surface area contributed by atoms with E-state index in [-0.39, 0.29) is 34.0 Å². The molecular formula is C32H26Cl2N2O8S. The highest BCUT2D eigenvalue weighted by atomic mass is 35.5. The highest BCUT2D eigenvalue weighted by Gasteiger charge is 2.38. The lowest BCUT2D eigenvalue weighted by Crippen LogP contribution is -2.20. The van der Waals surface area contributed by atoms with Gasteiger partial charge in [-0.15, -0.1) is 0 Å². The van der Waals surface area contributed by atoms with Crippen molar-refractivity contribution in [2.75, 3.05) is 14.2 Å². The number of rotatable bonds is 12. The summed E-state index contributed by atoms with van der Waals surface area (Å²) < 4.78 is 40.7. The number of hydrogen-bond acceptors (Lipinski definition) is 8. The van der Waals surface area contributed by atoms with Crippen molar-refractivity contribution in [1.82, 2.24) is 0 Å². The van der Waals surface area contributed by atoms with Crippen LogP contribution in [0.2, 0.25) is 10.0 Å². The minimum absolute atomic E-state index is 0.00814. The predicted molar refractivity (Wildman–Crippen MR) is 175 cm³/mol. The number of benzene rings is 4. The zero-order chi connectivity index (χ0) is 32.7. The summed E-state index contributed by atoms with van der Waals surface area (Å²) in [4.78, 5) is 22.2. The molecule has 4 aromatic carbocycles. The van der Waals surface area contributed by atoms with Crippen LogP contribution in [0.3, 0.4) is 0 Å². The van der Waals surface area contributed by atoms with Crippen molar-refractivity contribution in [1.29, 1.82) is 0 Å². The molecule has 0 saturated carbocycles. The summed E-state index contributed by atoms with van der Waals surface area (Å²) in [5, 5.41) is 21.4. The molecule has 2 unspecified atom stereocenters. The topological polar surface area (TPSA) is 139 Å². The summed E-state index contributed by atoms with van der Waals surface area (Å²) in [6, 6.07) is 20.5. The van der Waals surface area contributed by atoms with Crippen molar-refractivity contribution in [3.63, 3.8) is 0 Å². The van der Waals surface area contributed by atoms with Gasteiger partial charge in [0.1, 0.15) is 22.0 Å². The Balaban J connectivity index is 2.01. The van der Waals surface area contributed by atoms with Gasteiger partial charge in [0.15, 0.2) is 9.84 Å². The quantitative estimate of drug-likeness (QED) is 0.108. The first kappa shape index (κ1) is 33.2. The van der Waals surface area contributed by atoms with E-state index in [4.69, 9.17) is 32.7 Å². The molecule has 4 aromatic rings. The van der Waals surface area contributed by atoms with Crippen molar-refractivity contribution >= 4 is 56.6 Å². The van der Waals surface area contributed by atoms with Crippen LogP contribution in [-0.2, 0) is 9.84 Å². The molecule has 232 valence electrons. The lowest BCUT2D eigenvalue weighted by atomic mass is 10.1. The monoisotopic (exact) mass is 668 g/mol. The van der Waals surface area contributed by atoms with E-state index in [0.717, 1.165) is 12.1 Å². The molecule has 10 nitrogen and oxygen atoms in total. The van der Waals surface area contributed by atoms with E-state index in [1.54, 1.807) is 60.7 Å². The average molecular weight is 670 g/mol. The number of nitro groups is 2. The fourth-order valence-electron chi connectivity index (χ4n) is 4.60. The second-order valence-electron chi connectivity index (χ2n) is 9.62. The second kappa shape index (κ2) is 14.4. The molecule has 0 radical (unpaired) electrons. The SMILES string of the molecule is COc1ccc([N+](=O)[O-])cc1C(C=Cc1ccc(Cl)cc1)S(=O)(=O)C(C=Cc1ccc(Cl)cc1)c1cc([N+](=O)[O-])ccc1OC. The van der Waals surface area contributed by atoms with E-state index in [2.05, 4.69) is 0 Å². The maximum atomic E-state index is 14.9. The Bertz CT molecular complexity index is 1750. The minimum Gasteiger partial charge on any atom is -0.496 e. The molecule has 0 heterocycles. The van der Waals surface area contributed by atoms with E-state index in [0.29, 0.717) is 21.2 Å². The van der Waals surface area contributed by atoms with Crippen LogP contribution in [0.25, 0.3) is 12.2 Å². The van der Waals surface area contributed by atoms with Gasteiger partial charge in [0.05, 0.1) is 24.1 Å². The maximum absolute atomic E-state index is 14.9. The van der Waals surface area contributed by atoms with Crippen molar-refractivity contribution in [3.05, 3.63) is 150 Å². The zero-order valence-electron chi connectivity index (χ0n) is 23.9. The van der Waals surface area contributed by atoms with E-state index in [1.807, 2.05) is 0 Å². The van der Waals surface area contributed by atoms with Gasteiger partial charge in [-0.25, -0.2) is 8.42 Å². The highest BCUT2D eigenvalue weighted by molar-refractivity contribution is 7.92. The van der Waals surface area contributed by atoms with Crippen LogP contribution in [0.5, 0.6) is 11.5 Å². The average Bonchev–Trinajstić information content (AvgIpc) is 3.02. The van der Waals surface area contributed by atoms with Gasteiger partial charge in [-0.3, -0.25) is 20.2 Å². The summed E-state index contributed by atoms with van der Waals surface area (Å²) in [7, 11) is -1.87. The smallest absolute Gasteiger partial charge is 0.270 e. The summed E-state index contributed by atoms with van der Waals surface area (Å²) in [5.41, 5.74) is 0.479. The van der Waals surface area contributed by atoms with Gasteiger partial charge in [0.25, 0.3) is 11.4 Å². The summed E-state index contributed by atoms with van der Waals surface area (Å²) in [6.45, 7) is 0. The Kier molecular flexibility index (Phi) is 10.6. The number of hydrogen-bond donors (Lipinski definition) is 0. The van der Waals surface area contributed by atoms with Gasteiger partial charge in [-0.1, -0.05) is 71.8 Å². The minimum atomic E-state index is -4.51. The van der Waals surface area contributed by atoms with Gasteiger partial charge >= 0.3 is 0 Å². The summed E-state index contributed by atoms with van der Waals surface area (Å²) >= 11 is 12.0. The number of halogens is 2. The highest BCUT2D eigenvalue weighted by Crippen LogP contribution is 2.44. The third-order valence-electron chi connectivity index (χ3n) is 6.84. The Morgan fingerprint density at radius 2 is 1.00 bits per heavy atom. The molecule has 45 heavy (non-hydrogen) atoms. The van der Waals surface area contributed by atoms with Crippen molar-refractivity contribution in [3.8, 4) is 11.5 Å². The van der Waals surface area contributed by atoms with E-state index < -0.39 is 30.2 Å². The number of non-ortho nitro benzene ring substituents is 2. The molecule has 2 atom stereocenters. The molecule has 0 aliphatic rings. The van der Waals surface area contributed by atoms with Gasteiger partial charge in [0.2, 0.25) is 0 Å². The van der Waals surface area contributed by atoms with Gasteiger partial charge < -0.3 is 9.47 Å². The van der Waals surface area contributed by atoms with E-state index >= 15 is 0 Å². The zero-order valence-corrected chi connectivity index (χ0v) is 26.2. The van der Waals surface area contributed by atoms with Crippen molar-refractivity contribution < 1.29 is 27.7 Å². The van der Waals surface area contributed by atoms with Crippen molar-refractivity contribution in [2.45, 2.75) is 10.5 Å². The molecular weight excluding hydrogens is 643 g/mol. The van der Waals surface area contributed by atoms with Crippen LogP contribution in [0, 0.1) is 20.2 Å². The Morgan fingerprint density at radius 1 is 0.644 bits per heavy atom. The largest absolute Gasteiger partial charge is 0.496 e. The molecule has 0 N–H and O–H groups in total. The van der Waals surface area contributed by atoms with E-state index in [1.165, 1.54) is 50.6 Å². The molecule has 0 fully saturated rings. The standard InChI is InChI=1S/C32H26Cl2N2O8S/c1-43-29-15-13-25(35(37)38)19-27(29)31(17-7-21-3-9-23(33)10-4-21)45(41,42)32(18-8-22-5-11-24(34)12-6-22)28-20-26(36(39)40)14-16-30(28)44-2/h3-20,31-32H,1-2H3. The first-order valence-electron chi connectivity index (χ1n) is 13.2. The molecule has 0 aliphatic heterocycles. The molecule has 0 aromatic heterocycles. The maximum Gasteiger partial charge on any atom is 0.270 e. The van der Waals surface area contributed by atoms with Crippen LogP contribution in [-0.4, -0.2) is 32.5 Å². The molecule has 0 saturated heterocycles. The third-order valence-corrected chi connectivity index (χ3v) is 9.58. The normalized spacial score (nSPS) is 13.1. The molecule has 13 heteroatoms. The lowest BCUT2D eigenvalue weighted by Gasteiger charge is -2.24. The predicted octanol–water partition coefficient (Wildman–Crippen LogP) is 8.45. The van der Waals surface area contributed by atoms with Gasteiger partial charge in [-0.05, 0) is 47.5 Å². The van der Waals surface area contributed by atoms with Gasteiger partial charge in [-0.2, -0.15) is 0 Å². The van der Waals surface area contributed by atoms with Crippen LogP contribution in [0.1, 0.15) is 32.8 Å². The molecule has 0 amide bonds. The molecule has 4 rings (SSSR count). The number of nitro benzene ring substituents is 2. The second-order valence-corrected chi connectivity index (χ2v) is 12.7. The number of ether oxygens (including phenoxy) is 2.